The number of nitrogens with two attached hydrogens (primary N) is 1. The highest BCUT2D eigenvalue weighted by molar-refractivity contribution is 5.94. The molecule has 0 fully saturated rings. The third kappa shape index (κ3) is 2.30. The van der Waals surface area contributed by atoms with Crippen molar-refractivity contribution < 1.29 is 9.18 Å². The monoisotopic (exact) mass is 230 g/mol. The van der Waals surface area contributed by atoms with Gasteiger partial charge in [0.1, 0.15) is 0 Å². The topological polar surface area (TPSA) is 56.0 Å². The second-order valence-corrected chi connectivity index (χ2v) is 3.74. The van der Waals surface area contributed by atoms with Crippen LogP contribution in [0.4, 0.5) is 4.39 Å². The Balaban J connectivity index is 2.48. The molecular formula is C13H11FN2O. The van der Waals surface area contributed by atoms with Crippen molar-refractivity contribution in [1.82, 2.24) is 4.98 Å². The van der Waals surface area contributed by atoms with E-state index in [-0.39, 0.29) is 0 Å². The Morgan fingerprint density at radius 2 is 2.06 bits per heavy atom. The Kier molecular flexibility index (Phi) is 2.87. The molecule has 0 aliphatic rings. The van der Waals surface area contributed by atoms with Crippen molar-refractivity contribution in [3.05, 3.63) is 53.5 Å². The van der Waals surface area contributed by atoms with Crippen LogP contribution < -0.4 is 5.73 Å². The fourth-order valence-electron chi connectivity index (χ4n) is 1.67. The third-order valence-corrected chi connectivity index (χ3v) is 2.50. The molecule has 1 heterocycles. The van der Waals surface area contributed by atoms with Crippen LogP contribution in [0.25, 0.3) is 11.3 Å². The fraction of sp³-hybridized carbons (Fsp3) is 0.0769. The molecule has 2 rings (SSSR count). The summed E-state index contributed by atoms with van der Waals surface area (Å²) in [6, 6.07) is 9.68. The zero-order valence-electron chi connectivity index (χ0n) is 9.27. The number of hydrogen-bond donors (Lipinski definition) is 1. The number of hydrogen-bond acceptors (Lipinski definition) is 2. The minimum atomic E-state index is -0.529. The summed E-state index contributed by atoms with van der Waals surface area (Å²) in [6.07, 6.45) is 0. The molecule has 17 heavy (non-hydrogen) atoms. The predicted octanol–water partition coefficient (Wildman–Crippen LogP) is 2.30. The van der Waals surface area contributed by atoms with Gasteiger partial charge in [-0.15, -0.1) is 0 Å². The number of amides is 1. The minimum absolute atomic E-state index is 0.463. The van der Waals surface area contributed by atoms with Crippen LogP contribution in [-0.2, 0) is 0 Å². The van der Waals surface area contributed by atoms with Gasteiger partial charge in [0.05, 0.1) is 5.69 Å². The van der Waals surface area contributed by atoms with E-state index in [1.165, 1.54) is 6.07 Å². The summed E-state index contributed by atoms with van der Waals surface area (Å²) in [6.45, 7) is 1.78. The second kappa shape index (κ2) is 4.33. The van der Waals surface area contributed by atoms with Crippen LogP contribution in [0.2, 0.25) is 0 Å². The summed E-state index contributed by atoms with van der Waals surface area (Å²) in [5, 5.41) is 0. The van der Waals surface area contributed by atoms with Crippen LogP contribution in [0.5, 0.6) is 0 Å². The molecule has 3 nitrogen and oxygen atoms in total. The number of halogens is 1. The maximum absolute atomic E-state index is 13.0. The maximum Gasteiger partial charge on any atom is 0.248 e. The number of pyridine rings is 1. The standard InChI is InChI=1S/C13H11FN2O/c1-8-7-9(5-6-10(8)13(15)17)11-3-2-4-12(14)16-11/h2-7H,1H3,(H2,15,17). The Morgan fingerprint density at radius 3 is 2.65 bits per heavy atom. The van der Waals surface area contributed by atoms with Gasteiger partial charge in [-0.25, -0.2) is 4.98 Å². The Hall–Kier alpha value is -2.23. The van der Waals surface area contributed by atoms with Crippen LogP contribution in [0, 0.1) is 12.9 Å². The molecule has 4 heteroatoms. The van der Waals surface area contributed by atoms with Gasteiger partial charge in [-0.2, -0.15) is 4.39 Å². The molecule has 1 aromatic heterocycles. The molecule has 0 saturated carbocycles. The summed E-state index contributed by atoms with van der Waals surface area (Å²) in [7, 11) is 0. The zero-order valence-corrected chi connectivity index (χ0v) is 9.27. The van der Waals surface area contributed by atoms with E-state index in [9.17, 15) is 9.18 Å². The second-order valence-electron chi connectivity index (χ2n) is 3.74. The van der Waals surface area contributed by atoms with Crippen LogP contribution in [0.3, 0.4) is 0 Å². The van der Waals surface area contributed by atoms with Gasteiger partial charge in [0.2, 0.25) is 11.9 Å². The number of primary amides is 1. The molecule has 0 spiro atoms. The number of nitrogens with zero attached hydrogens (tertiary/aromatic N) is 1. The third-order valence-electron chi connectivity index (χ3n) is 2.50. The number of aromatic nitrogens is 1. The van der Waals surface area contributed by atoms with E-state index in [4.69, 9.17) is 5.73 Å². The van der Waals surface area contributed by atoms with Crippen molar-refractivity contribution in [2.24, 2.45) is 5.73 Å². The van der Waals surface area contributed by atoms with E-state index < -0.39 is 11.9 Å². The van der Waals surface area contributed by atoms with Crippen molar-refractivity contribution in [2.45, 2.75) is 6.92 Å². The summed E-state index contributed by atoms with van der Waals surface area (Å²) >= 11 is 0. The van der Waals surface area contributed by atoms with Gasteiger partial charge in [-0.3, -0.25) is 4.79 Å². The molecule has 2 N–H and O–H groups in total. The molecule has 0 unspecified atom stereocenters. The van der Waals surface area contributed by atoms with E-state index in [0.29, 0.717) is 11.3 Å². The van der Waals surface area contributed by atoms with Crippen molar-refractivity contribution in [3.63, 3.8) is 0 Å². The SMILES string of the molecule is Cc1cc(-c2cccc(F)n2)ccc1C(N)=O. The van der Waals surface area contributed by atoms with Crippen LogP contribution in [0.15, 0.2) is 36.4 Å². The lowest BCUT2D eigenvalue weighted by Gasteiger charge is -2.05. The highest BCUT2D eigenvalue weighted by Gasteiger charge is 2.07. The van der Waals surface area contributed by atoms with E-state index in [2.05, 4.69) is 4.98 Å². The molecule has 0 atom stereocenters. The van der Waals surface area contributed by atoms with Gasteiger partial charge in [-0.1, -0.05) is 12.1 Å². The van der Waals surface area contributed by atoms with Crippen molar-refractivity contribution >= 4 is 5.91 Å². The number of aryl methyl sites for hydroxylation is 1. The first-order chi connectivity index (χ1) is 8.08. The molecule has 0 aliphatic carbocycles. The Morgan fingerprint density at radius 1 is 1.29 bits per heavy atom. The maximum atomic E-state index is 13.0. The number of benzene rings is 1. The van der Waals surface area contributed by atoms with Crippen molar-refractivity contribution in [3.8, 4) is 11.3 Å². The first-order valence-electron chi connectivity index (χ1n) is 5.11. The molecule has 0 aliphatic heterocycles. The molecule has 86 valence electrons. The van der Waals surface area contributed by atoms with Gasteiger partial charge in [0.15, 0.2) is 0 Å². The van der Waals surface area contributed by atoms with E-state index in [1.807, 2.05) is 0 Å². The molecular weight excluding hydrogens is 219 g/mol. The van der Waals surface area contributed by atoms with Crippen molar-refractivity contribution in [2.75, 3.05) is 0 Å². The van der Waals surface area contributed by atoms with E-state index >= 15 is 0 Å². The Bertz CT molecular complexity index is 581. The largest absolute Gasteiger partial charge is 0.366 e. The first kappa shape index (κ1) is 11.3. The fourth-order valence-corrected chi connectivity index (χ4v) is 1.67. The van der Waals surface area contributed by atoms with Crippen LogP contribution in [0.1, 0.15) is 15.9 Å². The zero-order chi connectivity index (χ0) is 12.4. The Labute approximate surface area is 98.1 Å². The summed E-state index contributed by atoms with van der Waals surface area (Å²) in [4.78, 5) is 14.8. The van der Waals surface area contributed by atoms with Crippen molar-refractivity contribution in [1.29, 1.82) is 0 Å². The molecule has 2 aromatic rings. The van der Waals surface area contributed by atoms with Gasteiger partial charge >= 0.3 is 0 Å². The highest BCUT2D eigenvalue weighted by atomic mass is 19.1. The molecule has 0 radical (unpaired) electrons. The van der Waals surface area contributed by atoms with Gasteiger partial charge in [0.25, 0.3) is 0 Å². The quantitative estimate of drug-likeness (QED) is 0.805. The number of rotatable bonds is 2. The summed E-state index contributed by atoms with van der Waals surface area (Å²) in [5.74, 6) is -1.000. The first-order valence-corrected chi connectivity index (χ1v) is 5.11. The minimum Gasteiger partial charge on any atom is -0.366 e. The molecule has 0 saturated heterocycles. The van der Waals surface area contributed by atoms with E-state index in [0.717, 1.165) is 11.1 Å². The normalized spacial score (nSPS) is 10.2. The lowest BCUT2D eigenvalue weighted by Crippen LogP contribution is -2.12. The molecule has 1 aromatic carbocycles. The van der Waals surface area contributed by atoms with Crippen LogP contribution in [-0.4, -0.2) is 10.9 Å². The average Bonchev–Trinajstić information content (AvgIpc) is 2.28. The van der Waals surface area contributed by atoms with Gasteiger partial charge in [0, 0.05) is 11.1 Å². The highest BCUT2D eigenvalue weighted by Crippen LogP contribution is 2.20. The number of carbonyl (C=O) groups excluding carboxylic acids is 1. The smallest absolute Gasteiger partial charge is 0.248 e. The van der Waals surface area contributed by atoms with Gasteiger partial charge in [-0.05, 0) is 36.8 Å². The summed E-state index contributed by atoms with van der Waals surface area (Å²) in [5.41, 5.74) is 7.72. The summed E-state index contributed by atoms with van der Waals surface area (Å²) < 4.78 is 13.0. The lowest BCUT2D eigenvalue weighted by molar-refractivity contribution is 0.0999. The van der Waals surface area contributed by atoms with Crippen LogP contribution >= 0.6 is 0 Å². The number of carbonyl (C=O) groups is 1. The average molecular weight is 230 g/mol. The van der Waals surface area contributed by atoms with E-state index in [1.54, 1.807) is 37.3 Å². The van der Waals surface area contributed by atoms with Gasteiger partial charge < -0.3 is 5.73 Å². The lowest BCUT2D eigenvalue weighted by atomic mass is 10.0. The molecule has 0 bridgehead atoms. The molecule has 1 amide bonds. The predicted molar refractivity (Wildman–Crippen MR) is 62.9 cm³/mol.